The summed E-state index contributed by atoms with van der Waals surface area (Å²) in [6.07, 6.45) is 1.48. The van der Waals surface area contributed by atoms with Crippen LogP contribution in [0.5, 0.6) is 5.75 Å². The zero-order valence-corrected chi connectivity index (χ0v) is 15.2. The van der Waals surface area contributed by atoms with Crippen LogP contribution in [0.1, 0.15) is 19.3 Å². The number of carbonyl (C=O) groups excluding carboxylic acids is 2. The largest absolute Gasteiger partial charge is 0.489 e. The number of likely N-dealkylation sites (N-methyl/N-ethyl adjacent to an activating group) is 1. The Hall–Kier alpha value is -2.64. The van der Waals surface area contributed by atoms with Gasteiger partial charge < -0.3 is 15.0 Å². The zero-order chi connectivity index (χ0) is 18.9. The molecule has 0 spiro atoms. The summed E-state index contributed by atoms with van der Waals surface area (Å²) in [4.78, 5) is 30.8. The van der Waals surface area contributed by atoms with Crippen LogP contribution in [0.3, 0.4) is 0 Å². The Balaban J connectivity index is 1.74. The van der Waals surface area contributed by atoms with Crippen molar-refractivity contribution in [3.8, 4) is 5.75 Å². The lowest BCUT2D eigenvalue weighted by atomic mass is 10.1. The van der Waals surface area contributed by atoms with Gasteiger partial charge in [-0.25, -0.2) is 4.39 Å². The predicted octanol–water partition coefficient (Wildman–Crippen LogP) is 1.25. The van der Waals surface area contributed by atoms with Crippen LogP contribution in [0.25, 0.3) is 0 Å². The van der Waals surface area contributed by atoms with E-state index in [0.29, 0.717) is 51.5 Å². The SMILES string of the molecule is CN=C(NCCN1C(=O)CCCC1=O)N(C)CCOc1ccccc1F. The van der Waals surface area contributed by atoms with Crippen LogP contribution < -0.4 is 10.1 Å². The third kappa shape index (κ3) is 5.44. The minimum Gasteiger partial charge on any atom is -0.489 e. The van der Waals surface area contributed by atoms with Crippen molar-refractivity contribution in [3.63, 3.8) is 0 Å². The van der Waals surface area contributed by atoms with E-state index in [-0.39, 0.29) is 17.6 Å². The lowest BCUT2D eigenvalue weighted by molar-refractivity contribution is -0.147. The molecule has 1 aromatic rings. The van der Waals surface area contributed by atoms with E-state index in [4.69, 9.17) is 4.74 Å². The van der Waals surface area contributed by atoms with Crippen molar-refractivity contribution in [1.29, 1.82) is 0 Å². The second kappa shape index (κ2) is 9.74. The maximum atomic E-state index is 13.5. The summed E-state index contributed by atoms with van der Waals surface area (Å²) in [6, 6.07) is 6.25. The van der Waals surface area contributed by atoms with Crippen molar-refractivity contribution < 1.29 is 18.7 Å². The van der Waals surface area contributed by atoms with Gasteiger partial charge in [0.1, 0.15) is 6.61 Å². The van der Waals surface area contributed by atoms with Gasteiger partial charge >= 0.3 is 0 Å². The molecule has 0 radical (unpaired) electrons. The summed E-state index contributed by atoms with van der Waals surface area (Å²) < 4.78 is 18.9. The van der Waals surface area contributed by atoms with Crippen molar-refractivity contribution in [2.45, 2.75) is 19.3 Å². The maximum absolute atomic E-state index is 13.5. The van der Waals surface area contributed by atoms with Gasteiger partial charge in [-0.3, -0.25) is 19.5 Å². The first-order valence-electron chi connectivity index (χ1n) is 8.65. The number of hydrogen-bond acceptors (Lipinski definition) is 4. The Morgan fingerprint density at radius 1 is 1.31 bits per heavy atom. The lowest BCUT2D eigenvalue weighted by Crippen LogP contribution is -2.47. The number of nitrogens with one attached hydrogen (secondary N) is 1. The summed E-state index contributed by atoms with van der Waals surface area (Å²) in [5.41, 5.74) is 0. The molecule has 1 fully saturated rings. The normalized spacial score (nSPS) is 15.2. The van der Waals surface area contributed by atoms with Gasteiger partial charge in [-0.2, -0.15) is 0 Å². The second-order valence-corrected chi connectivity index (χ2v) is 5.97. The van der Waals surface area contributed by atoms with Crippen LogP contribution in [0, 0.1) is 5.82 Å². The summed E-state index contributed by atoms with van der Waals surface area (Å²) in [5, 5.41) is 3.12. The molecule has 1 aliphatic rings. The number of likely N-dealkylation sites (tertiary alicyclic amines) is 1. The number of amides is 2. The lowest BCUT2D eigenvalue weighted by Gasteiger charge is -2.26. The fourth-order valence-corrected chi connectivity index (χ4v) is 2.67. The van der Waals surface area contributed by atoms with Gasteiger partial charge in [0.05, 0.1) is 6.54 Å². The van der Waals surface area contributed by atoms with Crippen LogP contribution in [0.4, 0.5) is 4.39 Å². The number of benzene rings is 1. The molecule has 0 atom stereocenters. The molecule has 2 rings (SSSR count). The monoisotopic (exact) mass is 364 g/mol. The number of hydrogen-bond donors (Lipinski definition) is 1. The number of aliphatic imine (C=N–C) groups is 1. The van der Waals surface area contributed by atoms with Crippen LogP contribution >= 0.6 is 0 Å². The van der Waals surface area contributed by atoms with Crippen LogP contribution in [-0.4, -0.2) is 67.9 Å². The molecule has 8 heteroatoms. The average molecular weight is 364 g/mol. The van der Waals surface area contributed by atoms with Crippen molar-refractivity contribution in [3.05, 3.63) is 30.1 Å². The number of para-hydroxylation sites is 1. The summed E-state index contributed by atoms with van der Waals surface area (Å²) in [7, 11) is 3.48. The number of imide groups is 1. The van der Waals surface area contributed by atoms with Gasteiger partial charge in [-0.05, 0) is 18.6 Å². The average Bonchev–Trinajstić information content (AvgIpc) is 2.62. The minimum absolute atomic E-state index is 0.121. The number of ether oxygens (including phenoxy) is 1. The molecule has 7 nitrogen and oxygen atoms in total. The van der Waals surface area contributed by atoms with E-state index >= 15 is 0 Å². The second-order valence-electron chi connectivity index (χ2n) is 5.97. The highest BCUT2D eigenvalue weighted by Crippen LogP contribution is 2.15. The minimum atomic E-state index is -0.395. The molecule has 1 N–H and O–H groups in total. The molecule has 0 aliphatic carbocycles. The number of piperidine rings is 1. The van der Waals surface area contributed by atoms with Gasteiger partial charge in [0.25, 0.3) is 0 Å². The van der Waals surface area contributed by atoms with E-state index in [1.807, 2.05) is 11.9 Å². The molecule has 1 saturated heterocycles. The molecule has 0 saturated carbocycles. The standard InChI is InChI=1S/C18H25FN4O3/c1-20-18(21-10-11-23-16(24)8-5-9-17(23)25)22(2)12-13-26-15-7-4-3-6-14(15)19/h3-4,6-7H,5,8-13H2,1-2H3,(H,20,21). The van der Waals surface area contributed by atoms with Crippen molar-refractivity contribution >= 4 is 17.8 Å². The van der Waals surface area contributed by atoms with E-state index in [2.05, 4.69) is 10.3 Å². The van der Waals surface area contributed by atoms with Crippen molar-refractivity contribution in [1.82, 2.24) is 15.1 Å². The van der Waals surface area contributed by atoms with Gasteiger partial charge in [0.2, 0.25) is 11.8 Å². The Kier molecular flexibility index (Phi) is 7.37. The van der Waals surface area contributed by atoms with Gasteiger partial charge in [-0.15, -0.1) is 0 Å². The first-order valence-corrected chi connectivity index (χ1v) is 8.65. The number of guanidine groups is 1. The van der Waals surface area contributed by atoms with Crippen molar-refractivity contribution in [2.24, 2.45) is 4.99 Å². The molecule has 0 aromatic heterocycles. The highest BCUT2D eigenvalue weighted by molar-refractivity contribution is 5.97. The van der Waals surface area contributed by atoms with Gasteiger partial charge in [-0.1, -0.05) is 12.1 Å². The van der Waals surface area contributed by atoms with E-state index in [9.17, 15) is 14.0 Å². The van der Waals surface area contributed by atoms with Crippen LogP contribution in [0.15, 0.2) is 29.3 Å². The summed E-state index contributed by atoms with van der Waals surface area (Å²) >= 11 is 0. The maximum Gasteiger partial charge on any atom is 0.229 e. The smallest absolute Gasteiger partial charge is 0.229 e. The van der Waals surface area contributed by atoms with E-state index in [1.165, 1.54) is 11.0 Å². The number of nitrogens with zero attached hydrogens (tertiary/aromatic N) is 3. The number of carbonyl (C=O) groups is 2. The quantitative estimate of drug-likeness (QED) is 0.448. The Morgan fingerprint density at radius 2 is 2.00 bits per heavy atom. The van der Waals surface area contributed by atoms with Gasteiger partial charge in [0, 0.05) is 40.0 Å². The molecule has 2 amide bonds. The fraction of sp³-hybridized carbons (Fsp3) is 0.500. The first-order chi connectivity index (χ1) is 12.5. The molecule has 0 bridgehead atoms. The van der Waals surface area contributed by atoms with E-state index < -0.39 is 5.82 Å². The third-order valence-corrected chi connectivity index (χ3v) is 4.10. The summed E-state index contributed by atoms with van der Waals surface area (Å²) in [5.74, 6) is 0.188. The van der Waals surface area contributed by atoms with Crippen LogP contribution in [0.2, 0.25) is 0 Å². The molecule has 1 heterocycles. The number of halogens is 1. The highest BCUT2D eigenvalue weighted by atomic mass is 19.1. The highest BCUT2D eigenvalue weighted by Gasteiger charge is 2.25. The molecule has 1 aliphatic heterocycles. The Labute approximate surface area is 152 Å². The third-order valence-electron chi connectivity index (χ3n) is 4.10. The fourth-order valence-electron chi connectivity index (χ4n) is 2.67. The Bertz CT molecular complexity index is 650. The predicted molar refractivity (Wildman–Crippen MR) is 96.5 cm³/mol. The topological polar surface area (TPSA) is 74.2 Å². The molecular formula is C18H25FN4O3. The van der Waals surface area contributed by atoms with Crippen LogP contribution in [-0.2, 0) is 9.59 Å². The Morgan fingerprint density at radius 3 is 2.65 bits per heavy atom. The molecule has 26 heavy (non-hydrogen) atoms. The van der Waals surface area contributed by atoms with E-state index in [0.717, 1.165) is 0 Å². The molecule has 142 valence electrons. The summed E-state index contributed by atoms with van der Waals surface area (Å²) in [6.45, 7) is 1.52. The first kappa shape index (κ1) is 19.7. The van der Waals surface area contributed by atoms with Gasteiger partial charge in [0.15, 0.2) is 17.5 Å². The molecular weight excluding hydrogens is 339 g/mol. The zero-order valence-electron chi connectivity index (χ0n) is 15.2. The molecule has 0 unspecified atom stereocenters. The van der Waals surface area contributed by atoms with Crippen molar-refractivity contribution in [2.75, 3.05) is 40.3 Å². The van der Waals surface area contributed by atoms with E-state index in [1.54, 1.807) is 25.2 Å². The molecule has 1 aromatic carbocycles. The number of rotatable bonds is 7.